The van der Waals surface area contributed by atoms with Crippen molar-refractivity contribution >= 4 is 29.8 Å². The number of ether oxygens (including phenoxy) is 1. The van der Waals surface area contributed by atoms with Crippen LogP contribution in [-0.4, -0.2) is 42.9 Å². The van der Waals surface area contributed by atoms with E-state index in [0.29, 0.717) is 5.56 Å². The predicted octanol–water partition coefficient (Wildman–Crippen LogP) is 1.62. The number of methoxy groups -OCH3 is 1. The third kappa shape index (κ3) is 7.69. The van der Waals surface area contributed by atoms with Crippen LogP contribution in [0.1, 0.15) is 40.2 Å². The van der Waals surface area contributed by atoms with Gasteiger partial charge in [0.05, 0.1) is 7.11 Å². The van der Waals surface area contributed by atoms with Gasteiger partial charge in [-0.05, 0) is 23.5 Å². The number of nitrogens with one attached hydrogen (secondary N) is 3. The summed E-state index contributed by atoms with van der Waals surface area (Å²) >= 11 is 0. The second-order valence-corrected chi connectivity index (χ2v) is 7.60. The average Bonchev–Trinajstić information content (AvgIpc) is 2.68. The number of esters is 1. The molecule has 8 heteroatoms. The lowest BCUT2D eigenvalue weighted by atomic mass is 10.00. The quantitative estimate of drug-likeness (QED) is 0.417. The number of hydrogen-bond acceptors (Lipinski definition) is 5. The molecule has 0 heterocycles. The van der Waals surface area contributed by atoms with Crippen molar-refractivity contribution in [3.63, 3.8) is 0 Å². The minimum absolute atomic E-state index is 0.0144. The van der Waals surface area contributed by atoms with Crippen LogP contribution in [0.15, 0.2) is 36.0 Å². The Labute approximate surface area is 177 Å². The summed E-state index contributed by atoms with van der Waals surface area (Å²) < 4.78 is 4.75. The molecule has 8 nitrogen and oxygen atoms in total. The van der Waals surface area contributed by atoms with Crippen LogP contribution in [0.25, 0.3) is 6.08 Å². The van der Waals surface area contributed by atoms with Crippen molar-refractivity contribution in [3.8, 4) is 0 Å². The third-order valence-electron chi connectivity index (χ3n) is 4.32. The highest BCUT2D eigenvalue weighted by molar-refractivity contribution is 6.03. The van der Waals surface area contributed by atoms with Gasteiger partial charge in [0, 0.05) is 6.92 Å². The van der Waals surface area contributed by atoms with Gasteiger partial charge < -0.3 is 20.7 Å². The summed E-state index contributed by atoms with van der Waals surface area (Å²) in [6.07, 6.45) is 1.53. The largest absolute Gasteiger partial charge is 0.467 e. The number of carbonyl (C=O) groups is 4. The molecule has 0 bridgehead atoms. The van der Waals surface area contributed by atoms with Crippen LogP contribution in [0, 0.1) is 11.8 Å². The zero-order valence-electron chi connectivity index (χ0n) is 18.3. The molecule has 164 valence electrons. The second-order valence-electron chi connectivity index (χ2n) is 7.60. The summed E-state index contributed by atoms with van der Waals surface area (Å²) in [6.45, 7) is 8.39. The maximum Gasteiger partial charge on any atom is 0.328 e. The zero-order chi connectivity index (χ0) is 22.8. The van der Waals surface area contributed by atoms with Crippen molar-refractivity contribution in [1.29, 1.82) is 0 Å². The highest BCUT2D eigenvalue weighted by Gasteiger charge is 2.31. The first-order valence-corrected chi connectivity index (χ1v) is 9.80. The molecule has 0 saturated carbocycles. The molecule has 0 saturated heterocycles. The summed E-state index contributed by atoms with van der Waals surface area (Å²) in [5.41, 5.74) is 0.730. The summed E-state index contributed by atoms with van der Waals surface area (Å²) in [5.74, 6) is -2.56. The van der Waals surface area contributed by atoms with Gasteiger partial charge in [-0.1, -0.05) is 58.0 Å². The lowest BCUT2D eigenvalue weighted by Gasteiger charge is -2.26. The van der Waals surface area contributed by atoms with Crippen LogP contribution >= 0.6 is 0 Å². The van der Waals surface area contributed by atoms with Gasteiger partial charge in [-0.15, -0.1) is 0 Å². The molecule has 0 unspecified atom stereocenters. The molecule has 1 rings (SSSR count). The highest BCUT2D eigenvalue weighted by atomic mass is 16.5. The molecule has 1 aromatic carbocycles. The Morgan fingerprint density at radius 3 is 1.93 bits per heavy atom. The van der Waals surface area contributed by atoms with E-state index < -0.39 is 35.8 Å². The van der Waals surface area contributed by atoms with Crippen molar-refractivity contribution in [2.45, 2.75) is 46.7 Å². The molecular formula is C22H31N3O5. The average molecular weight is 418 g/mol. The monoisotopic (exact) mass is 417 g/mol. The standard InChI is InChI=1S/C22H31N3O5/c1-13(2)18(21(28)25-19(14(3)4)22(29)30-6)24-20(27)17(23-15(5)26)12-16-10-8-7-9-11-16/h7-14,18-19H,1-6H3,(H,23,26)(H,24,27)(H,25,28)/t18-,19-/m0/s1. The molecule has 0 aliphatic rings. The Balaban J connectivity index is 3.07. The SMILES string of the molecule is COC(=O)[C@@H](NC(=O)[C@@H](NC(=O)C(=Cc1ccccc1)NC(C)=O)C(C)C)C(C)C. The molecule has 30 heavy (non-hydrogen) atoms. The number of amides is 3. The molecule has 1 aromatic rings. The van der Waals surface area contributed by atoms with Gasteiger partial charge in [0.15, 0.2) is 0 Å². The Morgan fingerprint density at radius 2 is 1.47 bits per heavy atom. The van der Waals surface area contributed by atoms with Gasteiger partial charge in [0.25, 0.3) is 5.91 Å². The minimum Gasteiger partial charge on any atom is -0.467 e. The van der Waals surface area contributed by atoms with Crippen molar-refractivity contribution in [3.05, 3.63) is 41.6 Å². The van der Waals surface area contributed by atoms with Crippen LogP contribution in [-0.2, 0) is 23.9 Å². The van der Waals surface area contributed by atoms with Gasteiger partial charge in [0.2, 0.25) is 11.8 Å². The Hall–Kier alpha value is -3.16. The molecule has 2 atom stereocenters. The minimum atomic E-state index is -0.920. The molecule has 0 aliphatic carbocycles. The Bertz CT molecular complexity index is 787. The first-order valence-electron chi connectivity index (χ1n) is 9.80. The van der Waals surface area contributed by atoms with Gasteiger partial charge >= 0.3 is 5.97 Å². The van der Waals surface area contributed by atoms with Crippen molar-refractivity contribution < 1.29 is 23.9 Å². The summed E-state index contributed by atoms with van der Waals surface area (Å²) in [5, 5.41) is 7.81. The van der Waals surface area contributed by atoms with Crippen LogP contribution < -0.4 is 16.0 Å². The van der Waals surface area contributed by atoms with E-state index in [1.807, 2.05) is 6.07 Å². The van der Waals surface area contributed by atoms with Gasteiger partial charge in [0.1, 0.15) is 17.8 Å². The smallest absolute Gasteiger partial charge is 0.328 e. The van der Waals surface area contributed by atoms with E-state index in [1.165, 1.54) is 20.1 Å². The topological polar surface area (TPSA) is 114 Å². The predicted molar refractivity (Wildman–Crippen MR) is 114 cm³/mol. The lowest BCUT2D eigenvalue weighted by Crippen LogP contribution is -2.55. The number of rotatable bonds is 9. The van der Waals surface area contributed by atoms with Crippen LogP contribution in [0.3, 0.4) is 0 Å². The first kappa shape index (κ1) is 24.9. The molecule has 0 aromatic heterocycles. The number of benzene rings is 1. The van der Waals surface area contributed by atoms with Crippen LogP contribution in [0.4, 0.5) is 0 Å². The molecular weight excluding hydrogens is 386 g/mol. The molecule has 0 aliphatic heterocycles. The van der Waals surface area contributed by atoms with E-state index in [9.17, 15) is 19.2 Å². The molecule has 0 spiro atoms. The van der Waals surface area contributed by atoms with E-state index in [-0.39, 0.29) is 17.5 Å². The fourth-order valence-corrected chi connectivity index (χ4v) is 2.69. The molecule has 0 fully saturated rings. The lowest BCUT2D eigenvalue weighted by molar-refractivity contribution is -0.146. The van der Waals surface area contributed by atoms with E-state index >= 15 is 0 Å². The third-order valence-corrected chi connectivity index (χ3v) is 4.32. The van der Waals surface area contributed by atoms with Gasteiger partial charge in [-0.2, -0.15) is 0 Å². The van der Waals surface area contributed by atoms with Crippen LogP contribution in [0.2, 0.25) is 0 Å². The van der Waals surface area contributed by atoms with Crippen molar-refractivity contribution in [1.82, 2.24) is 16.0 Å². The summed E-state index contributed by atoms with van der Waals surface area (Å²) in [6, 6.07) is 7.25. The Kier molecular flexibility index (Phi) is 9.74. The first-order chi connectivity index (χ1) is 14.1. The van der Waals surface area contributed by atoms with Gasteiger partial charge in [-0.25, -0.2) is 4.79 Å². The maximum atomic E-state index is 12.8. The zero-order valence-corrected chi connectivity index (χ0v) is 18.3. The van der Waals surface area contributed by atoms with E-state index in [0.717, 1.165) is 0 Å². The fraction of sp³-hybridized carbons (Fsp3) is 0.455. The number of carbonyl (C=O) groups excluding carboxylic acids is 4. The number of hydrogen-bond donors (Lipinski definition) is 3. The fourth-order valence-electron chi connectivity index (χ4n) is 2.69. The summed E-state index contributed by atoms with van der Waals surface area (Å²) in [4.78, 5) is 49.2. The van der Waals surface area contributed by atoms with Gasteiger partial charge in [-0.3, -0.25) is 14.4 Å². The molecule has 0 radical (unpaired) electrons. The van der Waals surface area contributed by atoms with Crippen LogP contribution in [0.5, 0.6) is 0 Å². The van der Waals surface area contributed by atoms with Crippen molar-refractivity contribution in [2.24, 2.45) is 11.8 Å². The van der Waals surface area contributed by atoms with Crippen molar-refractivity contribution in [2.75, 3.05) is 7.11 Å². The van der Waals surface area contributed by atoms with E-state index in [4.69, 9.17) is 4.74 Å². The Morgan fingerprint density at radius 1 is 0.900 bits per heavy atom. The molecule has 3 amide bonds. The van der Waals surface area contributed by atoms with E-state index in [2.05, 4.69) is 16.0 Å². The molecule has 3 N–H and O–H groups in total. The second kappa shape index (κ2) is 11.7. The normalized spacial score (nSPS) is 13.4. The highest BCUT2D eigenvalue weighted by Crippen LogP contribution is 2.10. The maximum absolute atomic E-state index is 12.8. The van der Waals surface area contributed by atoms with E-state index in [1.54, 1.807) is 52.0 Å². The summed E-state index contributed by atoms with van der Waals surface area (Å²) in [7, 11) is 1.25.